The molecule has 0 radical (unpaired) electrons. The van der Waals surface area contributed by atoms with Crippen LogP contribution in [0.5, 0.6) is 5.75 Å². The van der Waals surface area contributed by atoms with Crippen molar-refractivity contribution in [3.8, 4) is 5.75 Å². The summed E-state index contributed by atoms with van der Waals surface area (Å²) in [4.78, 5) is 2.48. The quantitative estimate of drug-likeness (QED) is 0.895. The zero-order valence-corrected chi connectivity index (χ0v) is 11.8. The van der Waals surface area contributed by atoms with Gasteiger partial charge in [-0.05, 0) is 52.5 Å². The van der Waals surface area contributed by atoms with Crippen molar-refractivity contribution in [2.75, 3.05) is 32.7 Å². The molecule has 1 aromatic rings. The zero-order valence-electron chi connectivity index (χ0n) is 10.2. The van der Waals surface area contributed by atoms with Crippen LogP contribution in [0.15, 0.2) is 16.6 Å². The SMILES string of the molecule is Cc1cc(O)c(Br)cc1CCN1CCNCC1. The minimum Gasteiger partial charge on any atom is -0.507 e. The van der Waals surface area contributed by atoms with Gasteiger partial charge in [-0.3, -0.25) is 0 Å². The lowest BCUT2D eigenvalue weighted by Crippen LogP contribution is -2.44. The van der Waals surface area contributed by atoms with Gasteiger partial charge in [-0.25, -0.2) is 0 Å². The highest BCUT2D eigenvalue weighted by Crippen LogP contribution is 2.27. The number of phenols is 1. The molecule has 0 bridgehead atoms. The Balaban J connectivity index is 1.96. The maximum absolute atomic E-state index is 9.58. The van der Waals surface area contributed by atoms with Gasteiger partial charge in [0, 0.05) is 32.7 Å². The fraction of sp³-hybridized carbons (Fsp3) is 0.538. The van der Waals surface area contributed by atoms with E-state index in [1.165, 1.54) is 11.1 Å². The van der Waals surface area contributed by atoms with Gasteiger partial charge in [0.15, 0.2) is 0 Å². The Morgan fingerprint density at radius 3 is 2.76 bits per heavy atom. The van der Waals surface area contributed by atoms with Gasteiger partial charge in [0.25, 0.3) is 0 Å². The first-order valence-electron chi connectivity index (χ1n) is 6.08. The summed E-state index contributed by atoms with van der Waals surface area (Å²) in [7, 11) is 0. The predicted octanol–water partition coefficient (Wildman–Crippen LogP) is 1.91. The first-order chi connectivity index (χ1) is 8.16. The van der Waals surface area contributed by atoms with Crippen LogP contribution in [0.4, 0.5) is 0 Å². The molecule has 0 saturated carbocycles. The summed E-state index contributed by atoms with van der Waals surface area (Å²) in [6.45, 7) is 7.62. The Morgan fingerprint density at radius 2 is 2.06 bits per heavy atom. The molecule has 0 unspecified atom stereocenters. The van der Waals surface area contributed by atoms with Gasteiger partial charge in [-0.2, -0.15) is 0 Å². The molecule has 3 nitrogen and oxygen atoms in total. The highest BCUT2D eigenvalue weighted by molar-refractivity contribution is 9.10. The summed E-state index contributed by atoms with van der Waals surface area (Å²) in [5.74, 6) is 0.327. The smallest absolute Gasteiger partial charge is 0.130 e. The number of benzene rings is 1. The number of piperazine rings is 1. The fourth-order valence-corrected chi connectivity index (χ4v) is 2.58. The van der Waals surface area contributed by atoms with E-state index in [1.807, 2.05) is 12.1 Å². The van der Waals surface area contributed by atoms with Gasteiger partial charge in [0.05, 0.1) is 4.47 Å². The Hall–Kier alpha value is -0.580. The topological polar surface area (TPSA) is 35.5 Å². The summed E-state index contributed by atoms with van der Waals surface area (Å²) in [5, 5.41) is 12.9. The van der Waals surface area contributed by atoms with E-state index in [9.17, 15) is 5.11 Å². The predicted molar refractivity (Wildman–Crippen MR) is 73.6 cm³/mol. The van der Waals surface area contributed by atoms with Crippen LogP contribution >= 0.6 is 15.9 Å². The van der Waals surface area contributed by atoms with Crippen LogP contribution in [0.2, 0.25) is 0 Å². The largest absolute Gasteiger partial charge is 0.507 e. The number of hydrogen-bond donors (Lipinski definition) is 2. The van der Waals surface area contributed by atoms with Crippen molar-refractivity contribution in [2.24, 2.45) is 0 Å². The minimum absolute atomic E-state index is 0.327. The summed E-state index contributed by atoms with van der Waals surface area (Å²) in [6.07, 6.45) is 1.05. The molecule has 1 saturated heterocycles. The third-order valence-corrected chi connectivity index (χ3v) is 3.95. The molecule has 0 aliphatic carbocycles. The summed E-state index contributed by atoms with van der Waals surface area (Å²) >= 11 is 3.37. The van der Waals surface area contributed by atoms with Gasteiger partial charge < -0.3 is 15.3 Å². The van der Waals surface area contributed by atoms with E-state index in [2.05, 4.69) is 33.1 Å². The van der Waals surface area contributed by atoms with Crippen LogP contribution in [0, 0.1) is 6.92 Å². The first kappa shape index (κ1) is 12.9. The van der Waals surface area contributed by atoms with Crippen LogP contribution in [0.25, 0.3) is 0 Å². The standard InChI is InChI=1S/C13H19BrN2O/c1-10-8-13(17)12(14)9-11(10)2-5-16-6-3-15-4-7-16/h8-9,15,17H,2-7H2,1H3. The second-order valence-electron chi connectivity index (χ2n) is 4.57. The molecule has 1 fully saturated rings. The molecule has 1 aromatic carbocycles. The average molecular weight is 299 g/mol. The number of halogens is 1. The summed E-state index contributed by atoms with van der Waals surface area (Å²) in [6, 6.07) is 3.87. The molecule has 0 atom stereocenters. The average Bonchev–Trinajstić information content (AvgIpc) is 2.33. The van der Waals surface area contributed by atoms with Gasteiger partial charge in [0.1, 0.15) is 5.75 Å². The molecule has 1 aliphatic heterocycles. The van der Waals surface area contributed by atoms with E-state index in [4.69, 9.17) is 0 Å². The van der Waals surface area contributed by atoms with Gasteiger partial charge >= 0.3 is 0 Å². The third-order valence-electron chi connectivity index (χ3n) is 3.31. The maximum atomic E-state index is 9.58. The molecule has 0 amide bonds. The van der Waals surface area contributed by atoms with Gasteiger partial charge in [0.2, 0.25) is 0 Å². The number of phenolic OH excluding ortho intramolecular Hbond substituents is 1. The number of aromatic hydroxyl groups is 1. The molecule has 2 rings (SSSR count). The van der Waals surface area contributed by atoms with Crippen LogP contribution in [0.3, 0.4) is 0 Å². The van der Waals surface area contributed by atoms with Crippen molar-refractivity contribution in [1.82, 2.24) is 10.2 Å². The summed E-state index contributed by atoms with van der Waals surface area (Å²) < 4.78 is 0.790. The number of aryl methyl sites for hydroxylation is 1. The number of nitrogens with zero attached hydrogens (tertiary/aromatic N) is 1. The van der Waals surface area contributed by atoms with E-state index >= 15 is 0 Å². The molecule has 94 valence electrons. The second kappa shape index (κ2) is 5.85. The van der Waals surface area contributed by atoms with Crippen molar-refractivity contribution in [3.63, 3.8) is 0 Å². The van der Waals surface area contributed by atoms with Gasteiger partial charge in [-0.1, -0.05) is 0 Å². The lowest BCUT2D eigenvalue weighted by Gasteiger charge is -2.27. The van der Waals surface area contributed by atoms with Gasteiger partial charge in [-0.15, -0.1) is 0 Å². The van der Waals surface area contributed by atoms with Crippen LogP contribution in [0.1, 0.15) is 11.1 Å². The van der Waals surface area contributed by atoms with Crippen molar-refractivity contribution < 1.29 is 5.11 Å². The zero-order chi connectivity index (χ0) is 12.3. The molecule has 1 heterocycles. The monoisotopic (exact) mass is 298 g/mol. The normalized spacial score (nSPS) is 17.3. The van der Waals surface area contributed by atoms with E-state index in [0.717, 1.165) is 43.6 Å². The van der Waals surface area contributed by atoms with Crippen molar-refractivity contribution in [2.45, 2.75) is 13.3 Å². The minimum atomic E-state index is 0.327. The first-order valence-corrected chi connectivity index (χ1v) is 6.87. The maximum Gasteiger partial charge on any atom is 0.130 e. The number of nitrogens with one attached hydrogen (secondary N) is 1. The van der Waals surface area contributed by atoms with E-state index in [-0.39, 0.29) is 0 Å². The Labute approximate surface area is 111 Å². The lowest BCUT2D eigenvalue weighted by atomic mass is 10.1. The van der Waals surface area contributed by atoms with E-state index < -0.39 is 0 Å². The highest BCUT2D eigenvalue weighted by atomic mass is 79.9. The molecular weight excluding hydrogens is 280 g/mol. The number of hydrogen-bond acceptors (Lipinski definition) is 3. The molecule has 0 spiro atoms. The lowest BCUT2D eigenvalue weighted by molar-refractivity contribution is 0.244. The van der Waals surface area contributed by atoms with E-state index in [0.29, 0.717) is 5.75 Å². The number of rotatable bonds is 3. The molecule has 4 heteroatoms. The fourth-order valence-electron chi connectivity index (χ4n) is 2.19. The second-order valence-corrected chi connectivity index (χ2v) is 5.43. The Morgan fingerprint density at radius 1 is 1.35 bits per heavy atom. The Bertz CT molecular complexity index is 389. The third kappa shape index (κ3) is 3.44. The van der Waals surface area contributed by atoms with Crippen molar-refractivity contribution >= 4 is 15.9 Å². The Kier molecular flexibility index (Phi) is 4.42. The molecule has 1 aliphatic rings. The summed E-state index contributed by atoms with van der Waals surface area (Å²) in [5.41, 5.74) is 2.48. The van der Waals surface area contributed by atoms with Crippen molar-refractivity contribution in [1.29, 1.82) is 0 Å². The van der Waals surface area contributed by atoms with Crippen molar-refractivity contribution in [3.05, 3.63) is 27.7 Å². The molecule has 17 heavy (non-hydrogen) atoms. The van der Waals surface area contributed by atoms with E-state index in [1.54, 1.807) is 0 Å². The molecule has 2 N–H and O–H groups in total. The molecule has 0 aromatic heterocycles. The molecular formula is C13H19BrN2O. The highest BCUT2D eigenvalue weighted by Gasteiger charge is 2.10. The van der Waals surface area contributed by atoms with Crippen LogP contribution in [-0.2, 0) is 6.42 Å². The van der Waals surface area contributed by atoms with Crippen LogP contribution in [-0.4, -0.2) is 42.7 Å². The van der Waals surface area contributed by atoms with Crippen LogP contribution < -0.4 is 5.32 Å².